The van der Waals surface area contributed by atoms with Gasteiger partial charge in [0.1, 0.15) is 6.23 Å². The molecule has 28 heavy (non-hydrogen) atoms. The lowest BCUT2D eigenvalue weighted by atomic mass is 10.2. The minimum atomic E-state index is -5.59. The molecule has 0 aliphatic carbocycles. The van der Waals surface area contributed by atoms with Crippen molar-refractivity contribution >= 4 is 29.3 Å². The molecule has 2 heterocycles. The summed E-state index contributed by atoms with van der Waals surface area (Å²) in [6.45, 7) is -0.612. The molecule has 0 aromatic carbocycles. The standard InChI is InChI=1S/C9H16N3O13P3/c13-9-10-7(11-14)3-4-12(9)8-2-1-6(23-8)5-22-27(18,19)25-28(20,21)24-26(15,16)17/h3-4,6,8,14H,1-2,5H2,(H,18,19)(H,20,21)(H,10,11,13)(H2,15,16,17). The van der Waals surface area contributed by atoms with Crippen molar-refractivity contribution in [1.29, 1.82) is 0 Å². The van der Waals surface area contributed by atoms with E-state index in [1.807, 2.05) is 0 Å². The zero-order chi connectivity index (χ0) is 21.2. The van der Waals surface area contributed by atoms with Crippen LogP contribution in [0.3, 0.4) is 0 Å². The fraction of sp³-hybridized carbons (Fsp3) is 0.556. The van der Waals surface area contributed by atoms with Crippen LogP contribution in [0.5, 0.6) is 0 Å². The van der Waals surface area contributed by atoms with Crippen LogP contribution < -0.4 is 11.2 Å². The Labute approximate surface area is 156 Å². The Balaban J connectivity index is 1.92. The average molecular weight is 467 g/mol. The fourth-order valence-electron chi connectivity index (χ4n) is 2.19. The van der Waals surface area contributed by atoms with Gasteiger partial charge in [0.25, 0.3) is 0 Å². The summed E-state index contributed by atoms with van der Waals surface area (Å²) in [7, 11) is -16.3. The lowest BCUT2D eigenvalue weighted by Crippen LogP contribution is -2.27. The molecule has 0 amide bonds. The number of nitrogens with one attached hydrogen (secondary N) is 1. The molecule has 1 saturated heterocycles. The lowest BCUT2D eigenvalue weighted by molar-refractivity contribution is -0.0242. The van der Waals surface area contributed by atoms with Crippen LogP contribution >= 0.6 is 23.5 Å². The summed E-state index contributed by atoms with van der Waals surface area (Å²) in [5.41, 5.74) is 0.965. The first kappa shape index (κ1) is 23.3. The van der Waals surface area contributed by atoms with Crippen molar-refractivity contribution in [2.75, 3.05) is 12.1 Å². The maximum absolute atomic E-state index is 11.8. The molecule has 19 heteroatoms. The van der Waals surface area contributed by atoms with Crippen molar-refractivity contribution in [2.24, 2.45) is 0 Å². The molecule has 4 unspecified atom stereocenters. The van der Waals surface area contributed by atoms with Gasteiger partial charge < -0.3 is 24.3 Å². The number of ether oxygens (including phenoxy) is 1. The van der Waals surface area contributed by atoms with Crippen molar-refractivity contribution in [2.45, 2.75) is 25.2 Å². The van der Waals surface area contributed by atoms with E-state index in [1.54, 1.807) is 5.48 Å². The van der Waals surface area contributed by atoms with E-state index in [0.29, 0.717) is 0 Å². The number of rotatable bonds is 9. The van der Waals surface area contributed by atoms with Crippen LogP contribution in [-0.4, -0.2) is 47.0 Å². The Hall–Kier alpha value is -0.990. The third-order valence-corrected chi connectivity index (χ3v) is 6.98. The summed E-state index contributed by atoms with van der Waals surface area (Å²) in [4.78, 5) is 50.7. The zero-order valence-electron chi connectivity index (χ0n) is 13.7. The van der Waals surface area contributed by atoms with E-state index in [1.165, 1.54) is 12.3 Å². The predicted molar refractivity (Wildman–Crippen MR) is 86.9 cm³/mol. The molecule has 0 saturated carbocycles. The molecule has 1 aromatic rings. The van der Waals surface area contributed by atoms with Crippen LogP contribution in [0.25, 0.3) is 0 Å². The van der Waals surface area contributed by atoms with Crippen molar-refractivity contribution < 1.29 is 56.4 Å². The fourth-order valence-corrected chi connectivity index (χ4v) is 5.24. The highest BCUT2D eigenvalue weighted by Gasteiger charge is 2.41. The molecule has 1 aliphatic heterocycles. The normalized spacial score (nSPS) is 24.5. The summed E-state index contributed by atoms with van der Waals surface area (Å²) >= 11 is 0. The first-order valence-electron chi connectivity index (χ1n) is 7.23. The highest BCUT2D eigenvalue weighted by molar-refractivity contribution is 7.66. The lowest BCUT2D eigenvalue weighted by Gasteiger charge is -2.18. The number of phosphoric acid groups is 3. The van der Waals surface area contributed by atoms with Gasteiger partial charge in [0.05, 0.1) is 12.7 Å². The van der Waals surface area contributed by atoms with E-state index in [4.69, 9.17) is 24.6 Å². The molecular formula is C9H16N3O13P3. The van der Waals surface area contributed by atoms with Gasteiger partial charge in [0.2, 0.25) is 0 Å². The molecule has 4 atom stereocenters. The monoisotopic (exact) mass is 467 g/mol. The van der Waals surface area contributed by atoms with Crippen LogP contribution in [0.4, 0.5) is 5.82 Å². The third-order valence-electron chi connectivity index (χ3n) is 3.18. The van der Waals surface area contributed by atoms with E-state index in [0.717, 1.165) is 4.57 Å². The zero-order valence-corrected chi connectivity index (χ0v) is 16.4. The molecule has 0 spiro atoms. The molecule has 16 nitrogen and oxygen atoms in total. The third kappa shape index (κ3) is 7.12. The number of nitrogens with zero attached hydrogens (tertiary/aromatic N) is 2. The molecule has 6 N–H and O–H groups in total. The van der Waals surface area contributed by atoms with Gasteiger partial charge in [-0.25, -0.2) is 18.5 Å². The van der Waals surface area contributed by atoms with Gasteiger partial charge in [0, 0.05) is 6.20 Å². The number of hydrogen-bond donors (Lipinski definition) is 6. The Bertz CT molecular complexity index is 899. The summed E-state index contributed by atoms with van der Waals surface area (Å²) in [5, 5.41) is 8.69. The molecule has 1 fully saturated rings. The number of aromatic nitrogens is 2. The van der Waals surface area contributed by atoms with Gasteiger partial charge in [0.15, 0.2) is 5.82 Å². The van der Waals surface area contributed by atoms with Crippen molar-refractivity contribution in [3.63, 3.8) is 0 Å². The van der Waals surface area contributed by atoms with Gasteiger partial charge >= 0.3 is 29.2 Å². The second-order valence-corrected chi connectivity index (χ2v) is 9.71. The Morgan fingerprint density at radius 3 is 2.43 bits per heavy atom. The van der Waals surface area contributed by atoms with Gasteiger partial charge in [-0.3, -0.25) is 19.8 Å². The number of hydrogen-bond acceptors (Lipinski definition) is 11. The van der Waals surface area contributed by atoms with Crippen LogP contribution in [0.1, 0.15) is 19.1 Å². The van der Waals surface area contributed by atoms with E-state index < -0.39 is 48.1 Å². The first-order valence-corrected chi connectivity index (χ1v) is 11.8. The van der Waals surface area contributed by atoms with E-state index in [9.17, 15) is 23.4 Å². The molecule has 0 radical (unpaired) electrons. The van der Waals surface area contributed by atoms with Crippen LogP contribution in [0.15, 0.2) is 17.1 Å². The summed E-state index contributed by atoms with van der Waals surface area (Å²) in [6.07, 6.45) is 0.230. The molecule has 2 rings (SSSR count). The summed E-state index contributed by atoms with van der Waals surface area (Å²) < 4.78 is 51.6. The Kier molecular flexibility index (Phi) is 7.32. The Morgan fingerprint density at radius 2 is 1.86 bits per heavy atom. The van der Waals surface area contributed by atoms with Gasteiger partial charge in [-0.15, -0.1) is 0 Å². The minimum absolute atomic E-state index is 0.0801. The molecule has 1 aromatic heterocycles. The maximum Gasteiger partial charge on any atom is 0.490 e. The minimum Gasteiger partial charge on any atom is -0.352 e. The summed E-state index contributed by atoms with van der Waals surface area (Å²) in [5.74, 6) is -0.0801. The maximum atomic E-state index is 11.8. The number of anilines is 1. The van der Waals surface area contributed by atoms with Crippen LogP contribution in [0, 0.1) is 0 Å². The van der Waals surface area contributed by atoms with Crippen LogP contribution in [-0.2, 0) is 31.6 Å². The highest BCUT2D eigenvalue weighted by Crippen LogP contribution is 2.66. The Morgan fingerprint density at radius 1 is 1.18 bits per heavy atom. The second-order valence-electron chi connectivity index (χ2n) is 5.29. The average Bonchev–Trinajstić information content (AvgIpc) is 2.98. The first-order chi connectivity index (χ1) is 12.8. The van der Waals surface area contributed by atoms with Crippen molar-refractivity contribution in [1.82, 2.24) is 9.55 Å². The van der Waals surface area contributed by atoms with E-state index >= 15 is 0 Å². The summed E-state index contributed by atoms with van der Waals surface area (Å²) in [6, 6.07) is 1.30. The molecule has 1 aliphatic rings. The predicted octanol–water partition coefficient (Wildman–Crippen LogP) is 0.0653. The SMILES string of the molecule is O=c1nc(NO)ccn1C1CCC(COP(=O)(O)OP(=O)(O)OP(=O)(O)O)O1. The van der Waals surface area contributed by atoms with Gasteiger partial charge in [-0.2, -0.15) is 13.6 Å². The van der Waals surface area contributed by atoms with Crippen molar-refractivity contribution in [3.8, 4) is 0 Å². The molecular weight excluding hydrogens is 451 g/mol. The molecule has 160 valence electrons. The second kappa shape index (κ2) is 8.79. The quantitative estimate of drug-likeness (QED) is 0.208. The van der Waals surface area contributed by atoms with E-state index in [-0.39, 0.29) is 18.7 Å². The van der Waals surface area contributed by atoms with E-state index in [2.05, 4.69) is 18.1 Å². The highest BCUT2D eigenvalue weighted by atomic mass is 31.3. The smallest absolute Gasteiger partial charge is 0.352 e. The van der Waals surface area contributed by atoms with Gasteiger partial charge in [-0.05, 0) is 18.9 Å². The van der Waals surface area contributed by atoms with Crippen LogP contribution in [0.2, 0.25) is 0 Å². The van der Waals surface area contributed by atoms with Gasteiger partial charge in [-0.1, -0.05) is 0 Å². The van der Waals surface area contributed by atoms with Crippen molar-refractivity contribution in [3.05, 3.63) is 22.7 Å². The molecule has 0 bridgehead atoms. The topological polar surface area (TPSA) is 236 Å². The number of phosphoric ester groups is 1. The largest absolute Gasteiger partial charge is 0.490 e.